The van der Waals surface area contributed by atoms with Gasteiger partial charge in [0.25, 0.3) is 5.91 Å². The van der Waals surface area contributed by atoms with E-state index in [9.17, 15) is 4.79 Å². The van der Waals surface area contributed by atoms with Gasteiger partial charge in [-0.2, -0.15) is 0 Å². The quantitative estimate of drug-likeness (QED) is 0.872. The maximum atomic E-state index is 12.3. The molecule has 1 atom stereocenters. The van der Waals surface area contributed by atoms with E-state index < -0.39 is 0 Å². The van der Waals surface area contributed by atoms with Crippen LogP contribution in [-0.4, -0.2) is 29.9 Å². The van der Waals surface area contributed by atoms with Crippen molar-refractivity contribution < 1.29 is 9.21 Å². The summed E-state index contributed by atoms with van der Waals surface area (Å²) in [6.45, 7) is 3.33. The van der Waals surface area contributed by atoms with Gasteiger partial charge in [-0.05, 0) is 45.2 Å². The van der Waals surface area contributed by atoms with Gasteiger partial charge in [0, 0.05) is 12.6 Å². The molecule has 1 unspecified atom stereocenters. The van der Waals surface area contributed by atoms with Crippen molar-refractivity contribution in [1.29, 1.82) is 0 Å². The Balaban J connectivity index is 2.10. The van der Waals surface area contributed by atoms with Gasteiger partial charge in [-0.25, -0.2) is 0 Å². The molecule has 0 radical (unpaired) electrons. The molecule has 0 spiro atoms. The predicted molar refractivity (Wildman–Crippen MR) is 65.8 cm³/mol. The fourth-order valence-electron chi connectivity index (χ4n) is 2.48. The number of aryl methyl sites for hydroxylation is 1. The first-order valence-corrected chi connectivity index (χ1v) is 6.28. The van der Waals surface area contributed by atoms with E-state index in [0.29, 0.717) is 18.2 Å². The molecule has 0 saturated carbocycles. The highest BCUT2D eigenvalue weighted by atomic mass is 16.3. The van der Waals surface area contributed by atoms with Gasteiger partial charge < -0.3 is 15.1 Å². The Kier molecular flexibility index (Phi) is 3.84. The lowest BCUT2D eigenvalue weighted by Gasteiger charge is -2.35. The molecule has 0 bridgehead atoms. The molecule has 4 heteroatoms. The van der Waals surface area contributed by atoms with Gasteiger partial charge in [-0.1, -0.05) is 0 Å². The molecule has 94 valence electrons. The lowest BCUT2D eigenvalue weighted by atomic mass is 9.98. The molecule has 17 heavy (non-hydrogen) atoms. The first-order chi connectivity index (χ1) is 8.22. The maximum absolute atomic E-state index is 12.3. The van der Waals surface area contributed by atoms with Gasteiger partial charge in [-0.3, -0.25) is 4.79 Å². The normalized spacial score (nSPS) is 20.6. The fourth-order valence-corrected chi connectivity index (χ4v) is 2.48. The van der Waals surface area contributed by atoms with Crippen molar-refractivity contribution in [3.8, 4) is 0 Å². The van der Waals surface area contributed by atoms with Gasteiger partial charge in [0.15, 0.2) is 0 Å². The van der Waals surface area contributed by atoms with Crippen LogP contribution in [0.2, 0.25) is 0 Å². The van der Waals surface area contributed by atoms with Crippen LogP contribution in [0.5, 0.6) is 0 Å². The number of piperidine rings is 1. The number of hydrogen-bond donors (Lipinski definition) is 1. The Morgan fingerprint density at radius 1 is 1.59 bits per heavy atom. The van der Waals surface area contributed by atoms with Crippen LogP contribution in [0.3, 0.4) is 0 Å². The molecule has 1 aromatic rings. The first-order valence-electron chi connectivity index (χ1n) is 6.28. The second-order valence-corrected chi connectivity index (χ2v) is 4.67. The van der Waals surface area contributed by atoms with E-state index in [0.717, 1.165) is 31.6 Å². The van der Waals surface area contributed by atoms with Gasteiger partial charge in [-0.15, -0.1) is 0 Å². The molecule has 0 aliphatic carbocycles. The summed E-state index contributed by atoms with van der Waals surface area (Å²) < 4.78 is 5.20. The van der Waals surface area contributed by atoms with Crippen LogP contribution in [0.25, 0.3) is 0 Å². The monoisotopic (exact) mass is 236 g/mol. The van der Waals surface area contributed by atoms with Gasteiger partial charge >= 0.3 is 0 Å². The van der Waals surface area contributed by atoms with Crippen molar-refractivity contribution in [3.05, 3.63) is 23.7 Å². The Morgan fingerprint density at radius 2 is 2.41 bits per heavy atom. The van der Waals surface area contributed by atoms with Crippen LogP contribution in [-0.2, 0) is 0 Å². The third kappa shape index (κ3) is 2.69. The van der Waals surface area contributed by atoms with Crippen molar-refractivity contribution in [1.82, 2.24) is 4.90 Å². The number of nitrogens with zero attached hydrogens (tertiary/aromatic N) is 1. The lowest BCUT2D eigenvalue weighted by Crippen LogP contribution is -2.44. The van der Waals surface area contributed by atoms with E-state index >= 15 is 0 Å². The molecule has 2 N–H and O–H groups in total. The van der Waals surface area contributed by atoms with E-state index in [1.54, 1.807) is 12.3 Å². The van der Waals surface area contributed by atoms with Crippen molar-refractivity contribution in [3.63, 3.8) is 0 Å². The molecule has 1 saturated heterocycles. The van der Waals surface area contributed by atoms with E-state index in [1.807, 2.05) is 11.8 Å². The largest absolute Gasteiger partial charge is 0.469 e. The van der Waals surface area contributed by atoms with Crippen molar-refractivity contribution in [2.45, 2.75) is 38.6 Å². The molecule has 1 fully saturated rings. The summed E-state index contributed by atoms with van der Waals surface area (Å²) in [5, 5.41) is 0. The third-order valence-corrected chi connectivity index (χ3v) is 3.37. The SMILES string of the molecule is Cc1cc(C(=O)N2CCCCC2CCN)co1. The second-order valence-electron chi connectivity index (χ2n) is 4.67. The summed E-state index contributed by atoms with van der Waals surface area (Å²) in [4.78, 5) is 14.3. The summed E-state index contributed by atoms with van der Waals surface area (Å²) in [6, 6.07) is 2.10. The van der Waals surface area contributed by atoms with E-state index in [-0.39, 0.29) is 5.91 Å². The summed E-state index contributed by atoms with van der Waals surface area (Å²) in [5.74, 6) is 0.862. The van der Waals surface area contributed by atoms with Gasteiger partial charge in [0.05, 0.1) is 5.56 Å². The average Bonchev–Trinajstić information content (AvgIpc) is 2.76. The molecular weight excluding hydrogens is 216 g/mol. The maximum Gasteiger partial charge on any atom is 0.257 e. The summed E-state index contributed by atoms with van der Waals surface area (Å²) in [5.41, 5.74) is 6.27. The number of likely N-dealkylation sites (tertiary alicyclic amines) is 1. The number of carbonyl (C=O) groups excluding carboxylic acids is 1. The fraction of sp³-hybridized carbons (Fsp3) is 0.615. The van der Waals surface area contributed by atoms with Crippen molar-refractivity contribution in [2.75, 3.05) is 13.1 Å². The number of amides is 1. The van der Waals surface area contributed by atoms with Crippen LogP contribution in [0.4, 0.5) is 0 Å². The summed E-state index contributed by atoms with van der Waals surface area (Å²) >= 11 is 0. The Bertz CT molecular complexity index is 385. The number of furan rings is 1. The first kappa shape index (κ1) is 12.2. The number of nitrogens with two attached hydrogens (primary N) is 1. The highest BCUT2D eigenvalue weighted by Gasteiger charge is 2.27. The van der Waals surface area contributed by atoms with Crippen LogP contribution in [0.1, 0.15) is 41.8 Å². The van der Waals surface area contributed by atoms with Crippen LogP contribution in [0.15, 0.2) is 16.7 Å². The molecule has 4 nitrogen and oxygen atoms in total. The van der Waals surface area contributed by atoms with Crippen LogP contribution >= 0.6 is 0 Å². The average molecular weight is 236 g/mol. The molecule has 2 heterocycles. The smallest absolute Gasteiger partial charge is 0.257 e. The third-order valence-electron chi connectivity index (χ3n) is 3.37. The van der Waals surface area contributed by atoms with Gasteiger partial charge in [0.1, 0.15) is 12.0 Å². The lowest BCUT2D eigenvalue weighted by molar-refractivity contribution is 0.0604. The molecule has 1 aromatic heterocycles. The predicted octanol–water partition coefficient (Wildman–Crippen LogP) is 1.93. The number of rotatable bonds is 3. The minimum Gasteiger partial charge on any atom is -0.469 e. The minimum atomic E-state index is 0.0833. The van der Waals surface area contributed by atoms with Crippen molar-refractivity contribution >= 4 is 5.91 Å². The van der Waals surface area contributed by atoms with E-state index in [2.05, 4.69) is 0 Å². The minimum absolute atomic E-state index is 0.0833. The highest BCUT2D eigenvalue weighted by molar-refractivity contribution is 5.94. The molecule has 2 rings (SSSR count). The van der Waals surface area contributed by atoms with E-state index in [1.165, 1.54) is 6.42 Å². The molecule has 1 aliphatic heterocycles. The Labute approximate surface area is 102 Å². The Morgan fingerprint density at radius 3 is 3.06 bits per heavy atom. The molecule has 1 amide bonds. The standard InChI is InChI=1S/C13H20N2O2/c1-10-8-11(9-17-10)13(16)15-7-3-2-4-12(15)5-6-14/h8-9,12H,2-7,14H2,1H3. The van der Waals surface area contributed by atoms with Crippen LogP contribution < -0.4 is 5.73 Å². The Hall–Kier alpha value is -1.29. The van der Waals surface area contributed by atoms with Gasteiger partial charge in [0.2, 0.25) is 0 Å². The summed E-state index contributed by atoms with van der Waals surface area (Å²) in [6.07, 6.45) is 5.79. The molecule has 0 aromatic carbocycles. The van der Waals surface area contributed by atoms with E-state index in [4.69, 9.17) is 10.2 Å². The molecular formula is C13H20N2O2. The second kappa shape index (κ2) is 5.36. The number of carbonyl (C=O) groups is 1. The topological polar surface area (TPSA) is 59.5 Å². The molecule has 1 aliphatic rings. The zero-order valence-corrected chi connectivity index (χ0v) is 10.3. The zero-order valence-electron chi connectivity index (χ0n) is 10.3. The summed E-state index contributed by atoms with van der Waals surface area (Å²) in [7, 11) is 0. The van der Waals surface area contributed by atoms with Crippen molar-refractivity contribution in [2.24, 2.45) is 5.73 Å². The number of hydrogen-bond acceptors (Lipinski definition) is 3. The highest BCUT2D eigenvalue weighted by Crippen LogP contribution is 2.22. The van der Waals surface area contributed by atoms with Crippen LogP contribution in [0, 0.1) is 6.92 Å². The zero-order chi connectivity index (χ0) is 12.3.